The molecule has 0 amide bonds. The van der Waals surface area contributed by atoms with E-state index in [-0.39, 0.29) is 0 Å². The van der Waals surface area contributed by atoms with E-state index in [1.807, 2.05) is 24.4 Å². The summed E-state index contributed by atoms with van der Waals surface area (Å²) < 4.78 is 11.3. The van der Waals surface area contributed by atoms with Crippen LogP contribution in [-0.4, -0.2) is 24.2 Å². The van der Waals surface area contributed by atoms with Crippen molar-refractivity contribution < 1.29 is 9.47 Å². The highest BCUT2D eigenvalue weighted by atomic mass is 16.6. The van der Waals surface area contributed by atoms with Crippen LogP contribution in [-0.2, 0) is 0 Å². The standard InChI is InChI=1S/C17H20N2O2/c1-11(8-12-2-3-12)19-17-14-10-16-15(20-6-7-21-16)9-13(14)4-5-18-17/h4-5,9-12H,2-3,6-8H2,1H3,(H,18,19). The van der Waals surface area contributed by atoms with Crippen molar-refractivity contribution in [1.82, 2.24) is 4.98 Å². The third-order valence-electron chi connectivity index (χ3n) is 4.19. The molecule has 2 heterocycles. The van der Waals surface area contributed by atoms with E-state index >= 15 is 0 Å². The lowest BCUT2D eigenvalue weighted by Gasteiger charge is -2.20. The van der Waals surface area contributed by atoms with E-state index in [1.54, 1.807) is 0 Å². The molecule has 2 aliphatic rings. The van der Waals surface area contributed by atoms with Crippen LogP contribution in [0.25, 0.3) is 10.8 Å². The summed E-state index contributed by atoms with van der Waals surface area (Å²) in [6, 6.07) is 6.55. The van der Waals surface area contributed by atoms with Gasteiger partial charge in [-0.25, -0.2) is 4.98 Å². The number of aromatic nitrogens is 1. The minimum Gasteiger partial charge on any atom is -0.486 e. The average Bonchev–Trinajstić information content (AvgIpc) is 3.29. The van der Waals surface area contributed by atoms with Gasteiger partial charge < -0.3 is 14.8 Å². The van der Waals surface area contributed by atoms with Gasteiger partial charge in [0.15, 0.2) is 11.5 Å². The molecule has 21 heavy (non-hydrogen) atoms. The lowest BCUT2D eigenvalue weighted by atomic mass is 10.1. The Morgan fingerprint density at radius 3 is 2.76 bits per heavy atom. The minimum absolute atomic E-state index is 0.448. The van der Waals surface area contributed by atoms with Crippen LogP contribution in [0.4, 0.5) is 5.82 Å². The molecule has 1 atom stereocenters. The SMILES string of the molecule is CC(CC1CC1)Nc1nccc2cc3c(cc12)OCCO3. The van der Waals surface area contributed by atoms with E-state index in [2.05, 4.69) is 17.2 Å². The molecule has 110 valence electrons. The number of nitrogens with one attached hydrogen (secondary N) is 1. The van der Waals surface area contributed by atoms with Gasteiger partial charge in [-0.2, -0.15) is 0 Å². The van der Waals surface area contributed by atoms with Crippen molar-refractivity contribution in [3.05, 3.63) is 24.4 Å². The molecular formula is C17H20N2O2. The number of hydrogen-bond acceptors (Lipinski definition) is 4. The van der Waals surface area contributed by atoms with E-state index in [0.717, 1.165) is 34.0 Å². The zero-order valence-corrected chi connectivity index (χ0v) is 12.3. The second-order valence-electron chi connectivity index (χ2n) is 6.10. The summed E-state index contributed by atoms with van der Waals surface area (Å²) >= 11 is 0. The summed E-state index contributed by atoms with van der Waals surface area (Å²) in [6.45, 7) is 3.46. The molecule has 1 aromatic heterocycles. The molecule has 1 fully saturated rings. The Kier molecular flexibility index (Phi) is 3.09. The van der Waals surface area contributed by atoms with E-state index in [9.17, 15) is 0 Å². The fourth-order valence-electron chi connectivity index (χ4n) is 2.97. The van der Waals surface area contributed by atoms with Crippen molar-refractivity contribution in [2.75, 3.05) is 18.5 Å². The van der Waals surface area contributed by atoms with Crippen LogP contribution < -0.4 is 14.8 Å². The Bertz CT molecular complexity index is 667. The van der Waals surface area contributed by atoms with Crippen molar-refractivity contribution in [3.8, 4) is 11.5 Å². The van der Waals surface area contributed by atoms with E-state index < -0.39 is 0 Å². The summed E-state index contributed by atoms with van der Waals surface area (Å²) in [7, 11) is 0. The fourth-order valence-corrected chi connectivity index (χ4v) is 2.97. The lowest BCUT2D eigenvalue weighted by Crippen LogP contribution is -2.17. The molecule has 1 N–H and O–H groups in total. The highest BCUT2D eigenvalue weighted by molar-refractivity contribution is 5.94. The number of pyridine rings is 1. The first-order valence-corrected chi connectivity index (χ1v) is 7.74. The molecule has 0 spiro atoms. The van der Waals surface area contributed by atoms with Crippen LogP contribution in [0.5, 0.6) is 11.5 Å². The Morgan fingerprint density at radius 2 is 2.00 bits per heavy atom. The molecule has 0 bridgehead atoms. The molecular weight excluding hydrogens is 264 g/mol. The van der Waals surface area contributed by atoms with Crippen molar-refractivity contribution in [3.63, 3.8) is 0 Å². The average molecular weight is 284 g/mol. The number of ether oxygens (including phenoxy) is 2. The van der Waals surface area contributed by atoms with Gasteiger partial charge in [-0.05, 0) is 42.8 Å². The molecule has 4 heteroatoms. The largest absolute Gasteiger partial charge is 0.486 e. The second-order valence-corrected chi connectivity index (χ2v) is 6.10. The van der Waals surface area contributed by atoms with E-state index in [4.69, 9.17) is 9.47 Å². The third-order valence-corrected chi connectivity index (χ3v) is 4.19. The highest BCUT2D eigenvalue weighted by Crippen LogP contribution is 2.37. The van der Waals surface area contributed by atoms with Gasteiger partial charge in [0.2, 0.25) is 0 Å². The lowest BCUT2D eigenvalue weighted by molar-refractivity contribution is 0.172. The van der Waals surface area contributed by atoms with Gasteiger partial charge in [-0.1, -0.05) is 12.8 Å². The molecule has 1 aromatic carbocycles. The van der Waals surface area contributed by atoms with Gasteiger partial charge in [0.1, 0.15) is 19.0 Å². The maximum atomic E-state index is 5.69. The number of nitrogens with zero attached hydrogens (tertiary/aromatic N) is 1. The summed E-state index contributed by atoms with van der Waals surface area (Å²) in [5.74, 6) is 3.50. The van der Waals surface area contributed by atoms with E-state index in [1.165, 1.54) is 19.3 Å². The van der Waals surface area contributed by atoms with Gasteiger partial charge >= 0.3 is 0 Å². The van der Waals surface area contributed by atoms with Gasteiger partial charge in [0.25, 0.3) is 0 Å². The first-order chi connectivity index (χ1) is 10.3. The molecule has 1 saturated carbocycles. The van der Waals surface area contributed by atoms with Crippen LogP contribution in [0.3, 0.4) is 0 Å². The fraction of sp³-hybridized carbons (Fsp3) is 0.471. The summed E-state index contributed by atoms with van der Waals surface area (Å²) in [5, 5.41) is 5.79. The Labute approximate surface area is 124 Å². The van der Waals surface area contributed by atoms with Crippen LogP contribution in [0.1, 0.15) is 26.2 Å². The van der Waals surface area contributed by atoms with Crippen LogP contribution in [0.15, 0.2) is 24.4 Å². The number of benzene rings is 1. The topological polar surface area (TPSA) is 43.4 Å². The van der Waals surface area contributed by atoms with Crippen molar-refractivity contribution in [2.24, 2.45) is 5.92 Å². The Morgan fingerprint density at radius 1 is 1.24 bits per heavy atom. The van der Waals surface area contributed by atoms with Crippen LogP contribution in [0.2, 0.25) is 0 Å². The van der Waals surface area contributed by atoms with Crippen molar-refractivity contribution in [2.45, 2.75) is 32.2 Å². The maximum Gasteiger partial charge on any atom is 0.162 e. The zero-order chi connectivity index (χ0) is 14.2. The molecule has 1 aliphatic carbocycles. The smallest absolute Gasteiger partial charge is 0.162 e. The normalized spacial score (nSPS) is 18.5. The monoisotopic (exact) mass is 284 g/mol. The molecule has 0 saturated heterocycles. The van der Waals surface area contributed by atoms with Gasteiger partial charge in [-0.3, -0.25) is 0 Å². The number of anilines is 1. The van der Waals surface area contributed by atoms with Crippen LogP contribution in [0, 0.1) is 5.92 Å². The van der Waals surface area contributed by atoms with Crippen LogP contribution >= 0.6 is 0 Å². The molecule has 4 nitrogen and oxygen atoms in total. The minimum atomic E-state index is 0.448. The highest BCUT2D eigenvalue weighted by Gasteiger charge is 2.24. The molecule has 1 unspecified atom stereocenters. The molecule has 0 radical (unpaired) electrons. The quantitative estimate of drug-likeness (QED) is 0.931. The summed E-state index contributed by atoms with van der Waals surface area (Å²) in [6.07, 6.45) is 5.84. The first-order valence-electron chi connectivity index (χ1n) is 7.74. The summed E-state index contributed by atoms with van der Waals surface area (Å²) in [4.78, 5) is 4.52. The third kappa shape index (κ3) is 2.62. The van der Waals surface area contributed by atoms with Crippen molar-refractivity contribution in [1.29, 1.82) is 0 Å². The zero-order valence-electron chi connectivity index (χ0n) is 12.3. The predicted octanol–water partition coefficient (Wildman–Crippen LogP) is 3.61. The molecule has 2 aromatic rings. The van der Waals surface area contributed by atoms with Gasteiger partial charge in [-0.15, -0.1) is 0 Å². The second kappa shape index (κ2) is 5.10. The Hall–Kier alpha value is -1.97. The number of fused-ring (bicyclic) bond motifs is 2. The molecule has 4 rings (SSSR count). The predicted molar refractivity (Wildman–Crippen MR) is 83.2 cm³/mol. The number of rotatable bonds is 4. The van der Waals surface area contributed by atoms with E-state index in [0.29, 0.717) is 19.3 Å². The molecule has 1 aliphatic heterocycles. The van der Waals surface area contributed by atoms with Gasteiger partial charge in [0, 0.05) is 17.6 Å². The number of hydrogen-bond donors (Lipinski definition) is 1. The van der Waals surface area contributed by atoms with Gasteiger partial charge in [0.05, 0.1) is 0 Å². The maximum absolute atomic E-state index is 5.69. The summed E-state index contributed by atoms with van der Waals surface area (Å²) in [5.41, 5.74) is 0. The van der Waals surface area contributed by atoms with Crippen molar-refractivity contribution >= 4 is 16.6 Å². The Balaban J connectivity index is 1.67. The first kappa shape index (κ1) is 12.7.